The summed E-state index contributed by atoms with van der Waals surface area (Å²) in [5.41, 5.74) is -5.68. The Kier molecular flexibility index (Phi) is 5.02. The molecule has 0 unspecified atom stereocenters. The van der Waals surface area contributed by atoms with Gasteiger partial charge in [0.1, 0.15) is 0 Å². The highest BCUT2D eigenvalue weighted by Crippen LogP contribution is 2.72. The van der Waals surface area contributed by atoms with Crippen molar-refractivity contribution in [3.05, 3.63) is 23.8 Å². The number of carbonyl (C=O) groups excluding carboxylic acids is 1. The summed E-state index contributed by atoms with van der Waals surface area (Å²) in [7, 11) is 0. The number of aliphatic hydroxyl groups excluding tert-OH is 1. The number of carboxylic acids is 1. The van der Waals surface area contributed by atoms with E-state index >= 15 is 4.39 Å². The van der Waals surface area contributed by atoms with E-state index in [4.69, 9.17) is 4.84 Å². The molecule has 1 aliphatic heterocycles. The molecule has 188 valence electrons. The van der Waals surface area contributed by atoms with Gasteiger partial charge < -0.3 is 10.2 Å². The molecular weight excluding hydrogens is 458 g/mol. The van der Waals surface area contributed by atoms with Gasteiger partial charge in [0.05, 0.1) is 12.5 Å². The van der Waals surface area contributed by atoms with Crippen LogP contribution in [0.15, 0.2) is 23.8 Å². The highest BCUT2D eigenvalue weighted by atomic mass is 19.4. The molecule has 0 aromatic rings. The summed E-state index contributed by atoms with van der Waals surface area (Å²) in [4.78, 5) is 30.4. The minimum atomic E-state index is -4.41. The predicted octanol–water partition coefficient (Wildman–Crippen LogP) is 3.61. The van der Waals surface area contributed by atoms with Gasteiger partial charge in [0, 0.05) is 35.8 Å². The summed E-state index contributed by atoms with van der Waals surface area (Å²) in [6.45, 7) is 2.88. The normalized spacial score (nSPS) is 48.1. The van der Waals surface area contributed by atoms with Crippen molar-refractivity contribution in [3.8, 4) is 0 Å². The zero-order valence-electron chi connectivity index (χ0n) is 19.1. The van der Waals surface area contributed by atoms with Gasteiger partial charge in [-0.15, -0.1) is 0 Å². The third-order valence-corrected chi connectivity index (χ3v) is 9.65. The highest BCUT2D eigenvalue weighted by molar-refractivity contribution is 6.01. The SMILES string of the molecule is C[C@]12C=CC(=O)C=C1CC[C@H]1[C@@H]3C[C@H]4CN(CCC(F)(F)F)O[C@@]4(C(=O)O)[C@@]3(C)C[C@H](O)[C@@]12F. The molecular formula is C24H29F4NO5. The molecule has 10 heteroatoms. The summed E-state index contributed by atoms with van der Waals surface area (Å²) < 4.78 is 55.4. The zero-order valence-corrected chi connectivity index (χ0v) is 19.1. The first-order valence-corrected chi connectivity index (χ1v) is 11.7. The number of allylic oxidation sites excluding steroid dienone is 4. The fraction of sp³-hybridized carbons (Fsp3) is 0.750. The Morgan fingerprint density at radius 3 is 2.65 bits per heavy atom. The van der Waals surface area contributed by atoms with Crippen molar-refractivity contribution in [2.24, 2.45) is 28.6 Å². The third-order valence-electron chi connectivity index (χ3n) is 9.65. The number of halogens is 4. The quantitative estimate of drug-likeness (QED) is 0.592. The maximum absolute atomic E-state index is 17.1. The fourth-order valence-corrected chi connectivity index (χ4v) is 8.08. The van der Waals surface area contributed by atoms with Crippen LogP contribution in [0.25, 0.3) is 0 Å². The molecule has 0 radical (unpaired) electrons. The summed E-state index contributed by atoms with van der Waals surface area (Å²) in [6, 6.07) is 0. The number of aliphatic carboxylic acids is 1. The minimum Gasteiger partial charge on any atom is -0.479 e. The molecule has 0 aromatic heterocycles. The number of carbonyl (C=O) groups is 2. The minimum absolute atomic E-state index is 0.00734. The van der Waals surface area contributed by atoms with Crippen molar-refractivity contribution in [2.45, 2.75) is 69.5 Å². The first-order chi connectivity index (χ1) is 15.7. The summed E-state index contributed by atoms with van der Waals surface area (Å²) in [5, 5.41) is 22.7. The van der Waals surface area contributed by atoms with E-state index in [1.807, 2.05) is 0 Å². The van der Waals surface area contributed by atoms with Crippen LogP contribution in [0.1, 0.15) is 46.0 Å². The van der Waals surface area contributed by atoms with Crippen molar-refractivity contribution < 1.29 is 42.2 Å². The molecule has 8 atom stereocenters. The average molecular weight is 487 g/mol. The van der Waals surface area contributed by atoms with Crippen LogP contribution in [0.3, 0.4) is 0 Å². The predicted molar refractivity (Wildman–Crippen MR) is 111 cm³/mol. The molecule has 0 amide bonds. The number of carboxylic acid groups (broad SMARTS) is 1. The number of nitrogens with zero attached hydrogens (tertiary/aromatic N) is 1. The van der Waals surface area contributed by atoms with Gasteiger partial charge >= 0.3 is 12.1 Å². The molecule has 3 saturated carbocycles. The number of hydrogen-bond acceptors (Lipinski definition) is 5. The smallest absolute Gasteiger partial charge is 0.390 e. The lowest BCUT2D eigenvalue weighted by molar-refractivity contribution is -0.275. The van der Waals surface area contributed by atoms with Gasteiger partial charge in [0.2, 0.25) is 0 Å². The number of aliphatic hydroxyl groups is 1. The fourth-order valence-electron chi connectivity index (χ4n) is 8.08. The van der Waals surface area contributed by atoms with Crippen LogP contribution in [0.2, 0.25) is 0 Å². The lowest BCUT2D eigenvalue weighted by atomic mass is 9.45. The third kappa shape index (κ3) is 2.85. The van der Waals surface area contributed by atoms with Crippen LogP contribution in [-0.4, -0.2) is 63.7 Å². The molecule has 34 heavy (non-hydrogen) atoms. The Hall–Kier alpha value is -1.78. The van der Waals surface area contributed by atoms with Crippen LogP contribution < -0.4 is 0 Å². The first kappa shape index (κ1) is 23.9. The van der Waals surface area contributed by atoms with Gasteiger partial charge in [-0.25, -0.2) is 9.18 Å². The summed E-state index contributed by atoms with van der Waals surface area (Å²) in [5.74, 6) is -3.28. The summed E-state index contributed by atoms with van der Waals surface area (Å²) >= 11 is 0. The second-order valence-corrected chi connectivity index (χ2v) is 11.1. The Balaban J connectivity index is 1.52. The van der Waals surface area contributed by atoms with E-state index in [0.717, 1.165) is 5.06 Å². The largest absolute Gasteiger partial charge is 0.479 e. The molecule has 1 heterocycles. The Labute approximate surface area is 194 Å². The van der Waals surface area contributed by atoms with Crippen LogP contribution in [0.4, 0.5) is 17.6 Å². The second-order valence-electron chi connectivity index (χ2n) is 11.1. The van der Waals surface area contributed by atoms with Crippen molar-refractivity contribution in [3.63, 3.8) is 0 Å². The van der Waals surface area contributed by atoms with Gasteiger partial charge in [-0.2, -0.15) is 18.2 Å². The Morgan fingerprint density at radius 1 is 1.29 bits per heavy atom. The number of rotatable bonds is 3. The standard InChI is InChI=1S/C24H29F4NO5/c1-20-6-5-15(30)9-13(20)3-4-16-17-10-14-12-29(8-7-22(25,26)27)34-24(14,19(32)33)21(17,2)11-18(31)23(16,20)28/h5-6,9,14,16-18,31H,3-4,7-8,10-12H2,1-2H3,(H,32,33)/t14-,16-,17-,18-,20-,21-,23-,24-/m0/s1. The molecule has 0 bridgehead atoms. The first-order valence-electron chi connectivity index (χ1n) is 11.7. The van der Waals surface area contributed by atoms with Crippen LogP contribution >= 0.6 is 0 Å². The number of hydrogen-bond donors (Lipinski definition) is 2. The van der Waals surface area contributed by atoms with Gasteiger partial charge in [-0.1, -0.05) is 18.6 Å². The van der Waals surface area contributed by atoms with Crippen LogP contribution in [0, 0.1) is 28.6 Å². The van der Waals surface area contributed by atoms with E-state index in [9.17, 15) is 33.0 Å². The molecule has 1 saturated heterocycles. The lowest BCUT2D eigenvalue weighted by Crippen LogP contribution is -2.69. The van der Waals surface area contributed by atoms with E-state index in [-0.39, 0.29) is 25.2 Å². The molecule has 4 fully saturated rings. The van der Waals surface area contributed by atoms with Crippen molar-refractivity contribution in [1.82, 2.24) is 5.06 Å². The lowest BCUT2D eigenvalue weighted by Gasteiger charge is -2.62. The monoisotopic (exact) mass is 487 g/mol. The Bertz CT molecular complexity index is 996. The maximum atomic E-state index is 17.1. The Morgan fingerprint density at radius 2 is 2.00 bits per heavy atom. The highest BCUT2D eigenvalue weighted by Gasteiger charge is 2.79. The molecule has 5 rings (SSSR count). The van der Waals surface area contributed by atoms with Gasteiger partial charge in [-0.05, 0) is 50.7 Å². The number of hydroxylamine groups is 2. The number of fused-ring (bicyclic) bond motifs is 7. The molecule has 2 N–H and O–H groups in total. The number of alkyl halides is 4. The molecule has 0 aromatic carbocycles. The molecule has 4 aliphatic carbocycles. The van der Waals surface area contributed by atoms with E-state index < -0.39 is 71.1 Å². The summed E-state index contributed by atoms with van der Waals surface area (Å²) in [6.07, 6.45) is -1.92. The average Bonchev–Trinajstić information content (AvgIpc) is 3.21. The second kappa shape index (κ2) is 7.13. The molecule has 6 nitrogen and oxygen atoms in total. The van der Waals surface area contributed by atoms with E-state index in [2.05, 4.69) is 0 Å². The molecule has 0 spiro atoms. The van der Waals surface area contributed by atoms with Crippen molar-refractivity contribution >= 4 is 11.8 Å². The van der Waals surface area contributed by atoms with E-state index in [1.165, 1.54) is 18.2 Å². The maximum Gasteiger partial charge on any atom is 0.390 e. The van der Waals surface area contributed by atoms with Gasteiger partial charge in [0.25, 0.3) is 0 Å². The van der Waals surface area contributed by atoms with Gasteiger partial charge in [-0.3, -0.25) is 9.63 Å². The van der Waals surface area contributed by atoms with Gasteiger partial charge in [0.15, 0.2) is 17.1 Å². The van der Waals surface area contributed by atoms with Crippen molar-refractivity contribution in [1.29, 1.82) is 0 Å². The van der Waals surface area contributed by atoms with Crippen LogP contribution in [0.5, 0.6) is 0 Å². The van der Waals surface area contributed by atoms with E-state index in [0.29, 0.717) is 18.4 Å². The molecule has 5 aliphatic rings. The van der Waals surface area contributed by atoms with Crippen molar-refractivity contribution in [2.75, 3.05) is 13.1 Å². The number of ketones is 1. The van der Waals surface area contributed by atoms with Crippen LogP contribution in [-0.2, 0) is 14.4 Å². The topological polar surface area (TPSA) is 87.1 Å². The zero-order chi connectivity index (χ0) is 24.9. The van der Waals surface area contributed by atoms with E-state index in [1.54, 1.807) is 13.8 Å².